The van der Waals surface area contributed by atoms with Gasteiger partial charge in [0, 0.05) is 37.5 Å². The zero-order valence-corrected chi connectivity index (χ0v) is 28.2. The Balaban J connectivity index is 0.000000510. The average Bonchev–Trinajstić information content (AvgIpc) is 3.12. The molecule has 1 atom stereocenters. The van der Waals surface area contributed by atoms with Crippen molar-refractivity contribution < 1.29 is 59.0 Å². The molecule has 4 aromatic rings. The number of nitrogens with zero attached hydrogens (tertiary/aromatic N) is 4. The van der Waals surface area contributed by atoms with Gasteiger partial charge >= 0.3 is 38.0 Å². The number of nitrogens with two attached hydrogens (primary N) is 1. The normalized spacial score (nSPS) is 10.2. The van der Waals surface area contributed by atoms with E-state index in [1.54, 1.807) is 54.9 Å². The minimum atomic E-state index is -0.990. The van der Waals surface area contributed by atoms with Crippen LogP contribution in [0.5, 0.6) is 0 Å². The van der Waals surface area contributed by atoms with Crippen molar-refractivity contribution in [2.45, 2.75) is 31.7 Å². The van der Waals surface area contributed by atoms with Crippen LogP contribution in [-0.2, 0) is 40.9 Å². The van der Waals surface area contributed by atoms with E-state index in [4.69, 9.17) is 20.8 Å². The minimum absolute atomic E-state index is 0. The molecule has 0 saturated heterocycles. The van der Waals surface area contributed by atoms with Gasteiger partial charge in [-0.25, -0.2) is 35.2 Å². The van der Waals surface area contributed by atoms with Gasteiger partial charge in [-0.2, -0.15) is 0 Å². The zero-order valence-electron chi connectivity index (χ0n) is 26.4. The summed E-state index contributed by atoms with van der Waals surface area (Å²) in [6.45, 7) is 0.471. The number of hydrazine groups is 1. The first-order valence-corrected chi connectivity index (χ1v) is 14.4. The van der Waals surface area contributed by atoms with Crippen molar-refractivity contribution in [1.82, 2.24) is 30.6 Å². The number of unbranched alkanes of at least 4 members (excludes halogenated alkanes) is 1. The van der Waals surface area contributed by atoms with E-state index in [1.807, 2.05) is 6.07 Å². The van der Waals surface area contributed by atoms with Gasteiger partial charge in [0.25, 0.3) is 5.91 Å². The Morgan fingerprint density at radius 2 is 1.47 bits per heavy atom. The Bertz CT molecular complexity index is 1540. The van der Waals surface area contributed by atoms with Crippen molar-refractivity contribution in [3.8, 4) is 0 Å². The number of amides is 2. The number of rotatable bonds is 13. The fourth-order valence-corrected chi connectivity index (χ4v) is 3.68. The van der Waals surface area contributed by atoms with E-state index in [-0.39, 0.29) is 43.8 Å². The standard InChI is InChI=1S/C20H26N6O4.2C6H5NO2.Tc/c1-30-20(29)16(25-19(28)15-7-8-17(26-21)24-13-15)6-2-3-10-23-18(27)11-14-5-4-9-22-12-14;2*8-6(9)5-3-1-2-4-7-5;/h4-5,7-9,12-13,16H,2-3,6,10-11,21H2,1H3,(H,23,27)(H,24,26)(H,25,28);2*1-4H,(H,8,9);/q;;;+5/i;;;1+1. The second-order valence-corrected chi connectivity index (χ2v) is 9.55. The summed E-state index contributed by atoms with van der Waals surface area (Å²) in [5, 5.41) is 22.1. The molecule has 0 saturated carbocycles. The van der Waals surface area contributed by atoms with Crippen molar-refractivity contribution in [1.29, 1.82) is 0 Å². The molecule has 4 rings (SSSR count). The minimum Gasteiger partial charge on any atom is -0.477 e. The molecule has 17 heteroatoms. The maximum atomic E-state index is 12.4. The van der Waals surface area contributed by atoms with Gasteiger partial charge in [0.15, 0.2) is 0 Å². The van der Waals surface area contributed by atoms with Crippen LogP contribution >= 0.6 is 0 Å². The molecule has 0 aliphatic rings. The Kier molecular flexibility index (Phi) is 20.0. The topological polar surface area (TPSA) is 249 Å². The Hall–Kier alpha value is -5.64. The molecule has 0 aliphatic carbocycles. The summed E-state index contributed by atoms with van der Waals surface area (Å²) in [6, 6.07) is 15.4. The van der Waals surface area contributed by atoms with Crippen LogP contribution in [0.2, 0.25) is 0 Å². The summed E-state index contributed by atoms with van der Waals surface area (Å²) in [6.07, 6.45) is 9.47. The third-order valence-electron chi connectivity index (χ3n) is 6.06. The smallest absolute Gasteiger partial charge is 0.477 e. The summed E-state index contributed by atoms with van der Waals surface area (Å²) < 4.78 is 4.78. The third-order valence-corrected chi connectivity index (χ3v) is 6.06. The molecule has 0 spiro atoms. The van der Waals surface area contributed by atoms with E-state index in [9.17, 15) is 24.0 Å². The number of pyridine rings is 4. The van der Waals surface area contributed by atoms with Gasteiger partial charge in [0.05, 0.1) is 19.1 Å². The van der Waals surface area contributed by atoms with Crippen LogP contribution in [0.3, 0.4) is 0 Å². The van der Waals surface area contributed by atoms with Crippen LogP contribution in [0, 0.1) is 0 Å². The fourth-order valence-electron chi connectivity index (χ4n) is 3.68. The van der Waals surface area contributed by atoms with Crippen LogP contribution in [0.15, 0.2) is 91.6 Å². The number of esters is 1. The van der Waals surface area contributed by atoms with Gasteiger partial charge < -0.3 is 31.0 Å². The van der Waals surface area contributed by atoms with E-state index in [0.29, 0.717) is 37.2 Å². The van der Waals surface area contributed by atoms with Gasteiger partial charge in [0.1, 0.15) is 23.2 Å². The number of aromatic carboxylic acids is 2. The first-order chi connectivity index (χ1) is 23.1. The molecule has 49 heavy (non-hydrogen) atoms. The molecule has 2 amide bonds. The molecule has 16 nitrogen and oxygen atoms in total. The molecular formula is C32H36N8O8Tc+5. The van der Waals surface area contributed by atoms with Gasteiger partial charge in [-0.3, -0.25) is 14.6 Å². The quantitative estimate of drug-likeness (QED) is 0.0495. The maximum Gasteiger partial charge on any atom is 5.00 e. The number of ether oxygens (including phenoxy) is 1. The van der Waals surface area contributed by atoms with E-state index < -0.39 is 29.9 Å². The van der Waals surface area contributed by atoms with Crippen molar-refractivity contribution in [2.75, 3.05) is 19.1 Å². The van der Waals surface area contributed by atoms with Gasteiger partial charge in [-0.1, -0.05) is 18.2 Å². The number of carbonyl (C=O) groups is 5. The van der Waals surface area contributed by atoms with E-state index >= 15 is 0 Å². The van der Waals surface area contributed by atoms with Crippen molar-refractivity contribution in [3.63, 3.8) is 0 Å². The SMILES string of the molecule is COC(=O)C(CCCCNC(=O)Cc1cccnc1)NC(=O)c1ccc(NN)nc1.O=C(O)c1ccccn1.O=C(O)c1ccccn1.[99Tc+5]. The molecule has 0 radical (unpaired) electrons. The van der Waals surface area contributed by atoms with Gasteiger partial charge in [-0.15, -0.1) is 0 Å². The molecule has 254 valence electrons. The molecule has 1 unspecified atom stereocenters. The van der Waals surface area contributed by atoms with Crippen LogP contribution < -0.4 is 21.9 Å². The number of aromatic nitrogens is 4. The summed E-state index contributed by atoms with van der Waals surface area (Å²) in [5.74, 6) is 2.62. The van der Waals surface area contributed by atoms with E-state index in [1.165, 1.54) is 37.8 Å². The molecule has 0 fully saturated rings. The number of anilines is 1. The molecule has 7 N–H and O–H groups in total. The number of nitrogens with one attached hydrogen (secondary N) is 3. The first-order valence-electron chi connectivity index (χ1n) is 14.4. The van der Waals surface area contributed by atoms with E-state index in [2.05, 4.69) is 36.0 Å². The molecule has 0 aliphatic heterocycles. The summed E-state index contributed by atoms with van der Waals surface area (Å²) in [4.78, 5) is 71.7. The van der Waals surface area contributed by atoms with Crippen LogP contribution in [0.1, 0.15) is 56.2 Å². The van der Waals surface area contributed by atoms with Crippen LogP contribution in [-0.4, -0.2) is 79.6 Å². The van der Waals surface area contributed by atoms with Crippen molar-refractivity contribution in [2.24, 2.45) is 5.84 Å². The Morgan fingerprint density at radius 1 is 0.816 bits per heavy atom. The number of carbonyl (C=O) groups excluding carboxylic acids is 3. The molecule has 4 heterocycles. The Labute approximate surface area is 295 Å². The fraction of sp³-hybridized carbons (Fsp3) is 0.219. The summed E-state index contributed by atoms with van der Waals surface area (Å²) in [7, 11) is 1.27. The third kappa shape index (κ3) is 16.7. The molecule has 4 aromatic heterocycles. The average molecular weight is 760 g/mol. The number of hydrogen-bond acceptors (Lipinski definition) is 12. The summed E-state index contributed by atoms with van der Waals surface area (Å²) in [5.41, 5.74) is 3.67. The van der Waals surface area contributed by atoms with Gasteiger partial charge in [0.2, 0.25) is 5.91 Å². The number of methoxy groups -OCH3 is 1. The molecule has 0 aromatic carbocycles. The summed E-state index contributed by atoms with van der Waals surface area (Å²) >= 11 is 0. The van der Waals surface area contributed by atoms with Crippen molar-refractivity contribution in [3.05, 3.63) is 114 Å². The zero-order chi connectivity index (χ0) is 35.1. The second-order valence-electron chi connectivity index (χ2n) is 9.55. The van der Waals surface area contributed by atoms with E-state index in [0.717, 1.165) is 5.56 Å². The monoisotopic (exact) mass is 759 g/mol. The van der Waals surface area contributed by atoms with Crippen LogP contribution in [0.25, 0.3) is 0 Å². The van der Waals surface area contributed by atoms with Gasteiger partial charge in [-0.05, 0) is 67.3 Å². The number of nitrogen functional groups attached to an aromatic ring is 1. The number of hydrogen-bond donors (Lipinski definition) is 6. The van der Waals surface area contributed by atoms with Crippen molar-refractivity contribution >= 4 is 35.5 Å². The van der Waals surface area contributed by atoms with Crippen LogP contribution in [0.4, 0.5) is 5.82 Å². The second kappa shape index (κ2) is 23.6. The molecular weight excluding hydrogens is 723 g/mol. The Morgan fingerprint density at radius 3 is 1.92 bits per heavy atom. The number of carboxylic acids is 2. The number of carboxylic acid groups (broad SMARTS) is 2. The molecule has 0 bridgehead atoms. The predicted molar refractivity (Wildman–Crippen MR) is 173 cm³/mol. The predicted octanol–water partition coefficient (Wildman–Crippen LogP) is 2.12. The maximum absolute atomic E-state index is 12.4. The first kappa shape index (κ1) is 41.4. The largest absolute Gasteiger partial charge is 5.00 e.